The summed E-state index contributed by atoms with van der Waals surface area (Å²) < 4.78 is 13.4. The molecule has 1 aliphatic carbocycles. The van der Waals surface area contributed by atoms with Gasteiger partial charge in [-0.25, -0.2) is 0 Å². The molecule has 0 N–H and O–H groups in total. The van der Waals surface area contributed by atoms with Gasteiger partial charge < -0.3 is 7.58 Å². The molecular weight excluding hydrogens is 519 g/mol. The van der Waals surface area contributed by atoms with Crippen molar-refractivity contribution in [3.05, 3.63) is 57.6 Å². The lowest BCUT2D eigenvalue weighted by atomic mass is 9.79. The minimum absolute atomic E-state index is 0.0103. The predicted octanol–water partition coefficient (Wildman–Crippen LogP) is 9.03. The molecule has 0 unspecified atom stereocenters. The zero-order valence-corrected chi connectivity index (χ0v) is 28.9. The van der Waals surface area contributed by atoms with E-state index in [0.717, 1.165) is 35.5 Å². The van der Waals surface area contributed by atoms with Crippen molar-refractivity contribution in [3.8, 4) is 11.5 Å². The Balaban J connectivity index is 1.95. The Labute approximate surface area is 256 Å². The van der Waals surface area contributed by atoms with Crippen LogP contribution in [0.25, 0.3) is 0 Å². The zero-order chi connectivity index (χ0) is 30.4. The van der Waals surface area contributed by atoms with Crippen LogP contribution in [0.15, 0.2) is 34.3 Å². The average molecular weight is 572 g/mol. The molecule has 4 nitrogen and oxygen atoms in total. The van der Waals surface area contributed by atoms with E-state index in [0.29, 0.717) is 0 Å². The Bertz CT molecular complexity index is 1210. The summed E-state index contributed by atoms with van der Waals surface area (Å²) in [5.41, 5.74) is 6.91. The van der Waals surface area contributed by atoms with Crippen molar-refractivity contribution in [1.82, 2.24) is 0 Å². The van der Waals surface area contributed by atoms with Gasteiger partial charge in [-0.1, -0.05) is 108 Å². The number of fused-ring (bicyclic) bond motifs is 3. The Hall–Kier alpha value is -2.09. The SMILES string of the molecule is CC(C)(C)c1cc2c(c(C(C)(C)C)c1)[O][Al][O]c1c(cc(C(C)(C)C)cc1C(C)(C)C)C=N[C@@H]1CCCC[C@H]1N=C2. The maximum absolute atomic E-state index is 6.71. The standard InChI is InChI=1S/C36H54N2O2.Al/c1-33(2,3)25-17-23(31(39)27(19-25)35(7,8)9)21-37-29-15-13-14-16-30(29)38-22-24-18-26(34(4,5)6)20-28(32(24)40)36(10,11)12;/h17-22,29-30,39-40H,13-16H2,1-12H3;/q;+2/p-2/t29-,30-;/m1./s1. The van der Waals surface area contributed by atoms with Crippen LogP contribution in [0, 0.1) is 0 Å². The van der Waals surface area contributed by atoms with Crippen LogP contribution in [-0.4, -0.2) is 40.4 Å². The van der Waals surface area contributed by atoms with E-state index in [4.69, 9.17) is 17.6 Å². The maximum Gasteiger partial charge on any atom is 0.881 e. The van der Waals surface area contributed by atoms with Crippen molar-refractivity contribution in [3.63, 3.8) is 0 Å². The fourth-order valence-electron chi connectivity index (χ4n) is 5.65. The van der Waals surface area contributed by atoms with Gasteiger partial charge in [0.1, 0.15) is 0 Å². The van der Waals surface area contributed by atoms with Gasteiger partial charge in [0.2, 0.25) is 0 Å². The summed E-state index contributed by atoms with van der Waals surface area (Å²) >= 11 is -0.818. The topological polar surface area (TPSA) is 43.2 Å². The van der Waals surface area contributed by atoms with Crippen LogP contribution >= 0.6 is 0 Å². The minimum Gasteiger partial charge on any atom is -0.615 e. The van der Waals surface area contributed by atoms with E-state index in [9.17, 15) is 0 Å². The highest BCUT2D eigenvalue weighted by Crippen LogP contribution is 2.40. The third-order valence-corrected chi connectivity index (χ3v) is 9.08. The molecular formula is C36H52AlN2O2. The number of hydrogen-bond donors (Lipinski definition) is 0. The Kier molecular flexibility index (Phi) is 8.96. The van der Waals surface area contributed by atoms with Gasteiger partial charge in [0.15, 0.2) is 0 Å². The highest BCUT2D eigenvalue weighted by Gasteiger charge is 2.30. The molecule has 41 heavy (non-hydrogen) atoms. The Morgan fingerprint density at radius 3 is 1.24 bits per heavy atom. The monoisotopic (exact) mass is 571 g/mol. The first-order chi connectivity index (χ1) is 18.9. The average Bonchev–Trinajstić information content (AvgIpc) is 2.85. The smallest absolute Gasteiger partial charge is 0.615 e. The van der Waals surface area contributed by atoms with Crippen molar-refractivity contribution < 1.29 is 7.58 Å². The summed E-state index contributed by atoms with van der Waals surface area (Å²) in [7, 11) is 0. The first-order valence-electron chi connectivity index (χ1n) is 15.4. The molecule has 2 aromatic carbocycles. The van der Waals surface area contributed by atoms with E-state index in [1.807, 2.05) is 0 Å². The molecule has 4 rings (SSSR count). The van der Waals surface area contributed by atoms with Crippen LogP contribution in [0.5, 0.6) is 11.5 Å². The third kappa shape index (κ3) is 7.47. The molecule has 2 aromatic rings. The van der Waals surface area contributed by atoms with E-state index in [-0.39, 0.29) is 33.7 Å². The van der Waals surface area contributed by atoms with Gasteiger partial charge in [-0.15, -0.1) is 0 Å². The van der Waals surface area contributed by atoms with Crippen molar-refractivity contribution in [2.24, 2.45) is 9.98 Å². The molecule has 1 radical (unpaired) electrons. The second kappa shape index (κ2) is 11.5. The lowest BCUT2D eigenvalue weighted by Gasteiger charge is -2.30. The first-order valence-corrected chi connectivity index (χ1v) is 16.4. The van der Waals surface area contributed by atoms with E-state index < -0.39 is 15.9 Å². The molecule has 1 heterocycles. The molecule has 1 saturated carbocycles. The molecule has 0 aromatic heterocycles. The van der Waals surface area contributed by atoms with Gasteiger partial charge >= 0.3 is 15.9 Å². The van der Waals surface area contributed by atoms with Crippen LogP contribution in [-0.2, 0) is 21.7 Å². The zero-order valence-electron chi connectivity index (χ0n) is 27.7. The molecule has 221 valence electrons. The third-order valence-electron chi connectivity index (χ3n) is 8.42. The lowest BCUT2D eigenvalue weighted by molar-refractivity contribution is 0.390. The van der Waals surface area contributed by atoms with E-state index in [1.165, 1.54) is 35.1 Å². The van der Waals surface area contributed by atoms with Crippen molar-refractivity contribution in [2.75, 3.05) is 0 Å². The molecule has 1 aliphatic heterocycles. The number of nitrogens with zero attached hydrogens (tertiary/aromatic N) is 2. The summed E-state index contributed by atoms with van der Waals surface area (Å²) in [5.74, 6) is 1.81. The van der Waals surface area contributed by atoms with Crippen LogP contribution < -0.4 is 7.58 Å². The highest BCUT2D eigenvalue weighted by atomic mass is 27.2. The van der Waals surface area contributed by atoms with Gasteiger partial charge in [-0.05, 0) is 68.9 Å². The predicted molar refractivity (Wildman–Crippen MR) is 176 cm³/mol. The Morgan fingerprint density at radius 2 is 0.927 bits per heavy atom. The van der Waals surface area contributed by atoms with Crippen LogP contribution in [0.4, 0.5) is 0 Å². The number of hydrogen-bond acceptors (Lipinski definition) is 4. The molecule has 0 amide bonds. The molecule has 5 heteroatoms. The highest BCUT2D eigenvalue weighted by molar-refractivity contribution is 6.21. The van der Waals surface area contributed by atoms with Crippen LogP contribution in [0.1, 0.15) is 142 Å². The van der Waals surface area contributed by atoms with Crippen LogP contribution in [0.2, 0.25) is 0 Å². The summed E-state index contributed by atoms with van der Waals surface area (Å²) in [6, 6.07) is 9.54. The lowest BCUT2D eigenvalue weighted by Crippen LogP contribution is -2.27. The van der Waals surface area contributed by atoms with Gasteiger partial charge in [-0.3, -0.25) is 9.98 Å². The van der Waals surface area contributed by atoms with Gasteiger partial charge in [0.05, 0.1) is 23.6 Å². The maximum atomic E-state index is 6.71. The van der Waals surface area contributed by atoms with Crippen molar-refractivity contribution in [1.29, 1.82) is 0 Å². The molecule has 0 bridgehead atoms. The van der Waals surface area contributed by atoms with Crippen molar-refractivity contribution in [2.45, 2.75) is 143 Å². The molecule has 0 saturated heterocycles. The Morgan fingerprint density at radius 1 is 0.561 bits per heavy atom. The number of aliphatic imine (C=N–C) groups is 2. The fourth-order valence-corrected chi connectivity index (χ4v) is 6.42. The van der Waals surface area contributed by atoms with Crippen molar-refractivity contribution >= 4 is 28.3 Å². The summed E-state index contributed by atoms with van der Waals surface area (Å²) in [5, 5.41) is 0. The fraction of sp³-hybridized carbons (Fsp3) is 0.611. The van der Waals surface area contributed by atoms with Crippen LogP contribution in [0.3, 0.4) is 0 Å². The van der Waals surface area contributed by atoms with E-state index in [2.05, 4.69) is 120 Å². The number of benzene rings is 2. The molecule has 0 spiro atoms. The first kappa shape index (κ1) is 31.8. The summed E-state index contributed by atoms with van der Waals surface area (Å²) in [4.78, 5) is 10.4. The molecule has 2 atom stereocenters. The number of rotatable bonds is 0. The van der Waals surface area contributed by atoms with Gasteiger partial charge in [0, 0.05) is 23.6 Å². The quantitative estimate of drug-likeness (QED) is 0.296. The van der Waals surface area contributed by atoms with E-state index >= 15 is 0 Å². The second-order valence-electron chi connectivity index (χ2n) is 16.2. The molecule has 1 fully saturated rings. The minimum atomic E-state index is -0.818. The van der Waals surface area contributed by atoms with Gasteiger partial charge in [0.25, 0.3) is 0 Å². The van der Waals surface area contributed by atoms with Gasteiger partial charge in [-0.2, -0.15) is 0 Å². The van der Waals surface area contributed by atoms with E-state index in [1.54, 1.807) is 0 Å². The largest absolute Gasteiger partial charge is 0.881 e. The second-order valence-corrected chi connectivity index (χ2v) is 16.9. The normalized spacial score (nSPS) is 20.2. The summed E-state index contributed by atoms with van der Waals surface area (Å²) in [6.45, 7) is 27.2. The summed E-state index contributed by atoms with van der Waals surface area (Å²) in [6.07, 6.45) is 8.65. The molecule has 2 aliphatic rings.